The fraction of sp³-hybridized carbons (Fsp3) is 0.316. The molecule has 0 aromatic heterocycles. The molecule has 23 heavy (non-hydrogen) atoms. The summed E-state index contributed by atoms with van der Waals surface area (Å²) < 4.78 is 0. The first-order chi connectivity index (χ1) is 10.9. The molecule has 2 aromatic rings. The van der Waals surface area contributed by atoms with E-state index in [9.17, 15) is 15.0 Å². The van der Waals surface area contributed by atoms with Gasteiger partial charge in [-0.25, -0.2) is 0 Å². The Morgan fingerprint density at radius 1 is 1.00 bits per heavy atom. The Morgan fingerprint density at radius 2 is 1.65 bits per heavy atom. The number of phenols is 2. The van der Waals surface area contributed by atoms with Crippen molar-refractivity contribution in [2.75, 3.05) is 5.32 Å². The summed E-state index contributed by atoms with van der Waals surface area (Å²) in [7, 11) is 0. The van der Waals surface area contributed by atoms with Crippen molar-refractivity contribution in [2.45, 2.75) is 33.1 Å². The minimum atomic E-state index is -0.247. The van der Waals surface area contributed by atoms with Crippen molar-refractivity contribution in [3.8, 4) is 11.5 Å². The van der Waals surface area contributed by atoms with Gasteiger partial charge in [0, 0.05) is 11.6 Å². The van der Waals surface area contributed by atoms with E-state index in [2.05, 4.69) is 19.2 Å². The predicted octanol–water partition coefficient (Wildman–Crippen LogP) is 4.04. The van der Waals surface area contributed by atoms with E-state index >= 15 is 0 Å². The van der Waals surface area contributed by atoms with Crippen LogP contribution in [0.1, 0.15) is 37.8 Å². The van der Waals surface area contributed by atoms with Crippen LogP contribution >= 0.6 is 0 Å². The van der Waals surface area contributed by atoms with Gasteiger partial charge in [0.15, 0.2) is 11.5 Å². The van der Waals surface area contributed by atoms with E-state index in [-0.39, 0.29) is 23.3 Å². The third-order valence-electron chi connectivity index (χ3n) is 3.87. The number of hydrogen-bond acceptors (Lipinski definition) is 3. The Morgan fingerprint density at radius 3 is 2.22 bits per heavy atom. The van der Waals surface area contributed by atoms with Crippen LogP contribution in [-0.2, 0) is 11.2 Å². The summed E-state index contributed by atoms with van der Waals surface area (Å²) in [4.78, 5) is 12.3. The largest absolute Gasteiger partial charge is 0.504 e. The van der Waals surface area contributed by atoms with E-state index in [1.807, 2.05) is 31.2 Å². The normalized spacial score (nSPS) is 12.2. The Kier molecular flexibility index (Phi) is 5.27. The fourth-order valence-electron chi connectivity index (χ4n) is 2.36. The van der Waals surface area contributed by atoms with Crippen LogP contribution < -0.4 is 5.32 Å². The number of phenolic OH excluding ortho intramolecular Hbond substituents is 2. The molecule has 0 fully saturated rings. The first-order valence-corrected chi connectivity index (χ1v) is 7.78. The highest BCUT2D eigenvalue weighted by Gasteiger charge is 2.15. The molecule has 0 saturated carbocycles. The van der Waals surface area contributed by atoms with E-state index in [4.69, 9.17) is 0 Å². The van der Waals surface area contributed by atoms with Crippen LogP contribution in [0.25, 0.3) is 0 Å². The first kappa shape index (κ1) is 16.9. The average Bonchev–Trinajstić information content (AvgIpc) is 2.51. The first-order valence-electron chi connectivity index (χ1n) is 7.78. The Labute approximate surface area is 136 Å². The summed E-state index contributed by atoms with van der Waals surface area (Å²) in [6.07, 6.45) is 0.490. The molecule has 0 radical (unpaired) electrons. The van der Waals surface area contributed by atoms with Gasteiger partial charge in [0.1, 0.15) is 0 Å². The summed E-state index contributed by atoms with van der Waals surface area (Å²) in [5.74, 6) is -0.185. The number of rotatable bonds is 5. The van der Waals surface area contributed by atoms with E-state index in [0.29, 0.717) is 12.3 Å². The molecule has 3 N–H and O–H groups in total. The van der Waals surface area contributed by atoms with Gasteiger partial charge in [0.2, 0.25) is 5.91 Å². The SMILES string of the molecule is CC(Cc1ccc(O)c(O)c1)C(=O)Nc1ccc(C(C)C)cc1. The van der Waals surface area contributed by atoms with Crippen molar-refractivity contribution in [3.63, 3.8) is 0 Å². The van der Waals surface area contributed by atoms with Crippen molar-refractivity contribution >= 4 is 11.6 Å². The van der Waals surface area contributed by atoms with Gasteiger partial charge in [-0.15, -0.1) is 0 Å². The van der Waals surface area contributed by atoms with E-state index in [1.54, 1.807) is 6.07 Å². The maximum Gasteiger partial charge on any atom is 0.227 e. The van der Waals surface area contributed by atoms with Crippen LogP contribution in [0.15, 0.2) is 42.5 Å². The summed E-state index contributed by atoms with van der Waals surface area (Å²) in [5, 5.41) is 21.7. The lowest BCUT2D eigenvalue weighted by molar-refractivity contribution is -0.119. The quantitative estimate of drug-likeness (QED) is 0.730. The van der Waals surface area contributed by atoms with Gasteiger partial charge in [0.25, 0.3) is 0 Å². The molecule has 0 aliphatic heterocycles. The molecular weight excluding hydrogens is 290 g/mol. The van der Waals surface area contributed by atoms with Crippen molar-refractivity contribution in [1.82, 2.24) is 0 Å². The smallest absolute Gasteiger partial charge is 0.227 e. The number of carbonyl (C=O) groups is 1. The highest BCUT2D eigenvalue weighted by atomic mass is 16.3. The molecule has 0 aliphatic rings. The monoisotopic (exact) mass is 313 g/mol. The van der Waals surface area contributed by atoms with Crippen molar-refractivity contribution in [1.29, 1.82) is 0 Å². The molecule has 0 aliphatic carbocycles. The van der Waals surface area contributed by atoms with Gasteiger partial charge in [-0.3, -0.25) is 4.79 Å². The zero-order chi connectivity index (χ0) is 17.0. The lowest BCUT2D eigenvalue weighted by atomic mass is 9.99. The van der Waals surface area contributed by atoms with Gasteiger partial charge in [-0.2, -0.15) is 0 Å². The van der Waals surface area contributed by atoms with Gasteiger partial charge in [-0.05, 0) is 47.7 Å². The van der Waals surface area contributed by atoms with Gasteiger partial charge in [0.05, 0.1) is 0 Å². The molecule has 1 amide bonds. The second kappa shape index (κ2) is 7.18. The van der Waals surface area contributed by atoms with Crippen LogP contribution in [0.2, 0.25) is 0 Å². The lowest BCUT2D eigenvalue weighted by Gasteiger charge is -2.13. The molecule has 0 heterocycles. The Balaban J connectivity index is 1.97. The van der Waals surface area contributed by atoms with Crippen molar-refractivity contribution < 1.29 is 15.0 Å². The molecule has 1 atom stereocenters. The number of hydrogen-bond donors (Lipinski definition) is 3. The summed E-state index contributed by atoms with van der Waals surface area (Å²) in [6, 6.07) is 12.5. The zero-order valence-corrected chi connectivity index (χ0v) is 13.7. The van der Waals surface area contributed by atoms with Gasteiger partial charge < -0.3 is 15.5 Å². The fourth-order valence-corrected chi connectivity index (χ4v) is 2.36. The maximum absolute atomic E-state index is 12.3. The summed E-state index contributed by atoms with van der Waals surface area (Å²) in [6.45, 7) is 6.09. The lowest BCUT2D eigenvalue weighted by Crippen LogP contribution is -2.22. The van der Waals surface area contributed by atoms with E-state index in [1.165, 1.54) is 17.7 Å². The van der Waals surface area contributed by atoms with Gasteiger partial charge >= 0.3 is 0 Å². The number of amides is 1. The minimum absolute atomic E-state index is 0.0742. The maximum atomic E-state index is 12.3. The minimum Gasteiger partial charge on any atom is -0.504 e. The topological polar surface area (TPSA) is 69.6 Å². The van der Waals surface area contributed by atoms with E-state index in [0.717, 1.165) is 11.3 Å². The number of carbonyl (C=O) groups excluding carboxylic acids is 1. The molecule has 0 bridgehead atoms. The highest BCUT2D eigenvalue weighted by molar-refractivity contribution is 5.92. The second-order valence-corrected chi connectivity index (χ2v) is 6.19. The third-order valence-corrected chi connectivity index (χ3v) is 3.87. The van der Waals surface area contributed by atoms with Crippen molar-refractivity contribution in [2.24, 2.45) is 5.92 Å². The number of aromatic hydroxyl groups is 2. The zero-order valence-electron chi connectivity index (χ0n) is 13.7. The predicted molar refractivity (Wildman–Crippen MR) is 91.8 cm³/mol. The molecule has 0 spiro atoms. The molecule has 122 valence electrons. The van der Waals surface area contributed by atoms with Crippen LogP contribution in [0, 0.1) is 5.92 Å². The Hall–Kier alpha value is -2.49. The van der Waals surface area contributed by atoms with Crippen LogP contribution in [0.5, 0.6) is 11.5 Å². The number of benzene rings is 2. The Bertz CT molecular complexity index is 678. The number of anilines is 1. The highest BCUT2D eigenvalue weighted by Crippen LogP contribution is 2.26. The van der Waals surface area contributed by atoms with Crippen LogP contribution in [0.4, 0.5) is 5.69 Å². The number of nitrogens with one attached hydrogen (secondary N) is 1. The molecule has 0 saturated heterocycles. The second-order valence-electron chi connectivity index (χ2n) is 6.19. The van der Waals surface area contributed by atoms with Crippen molar-refractivity contribution in [3.05, 3.63) is 53.6 Å². The average molecular weight is 313 g/mol. The van der Waals surface area contributed by atoms with Crippen LogP contribution in [-0.4, -0.2) is 16.1 Å². The third kappa shape index (κ3) is 4.49. The van der Waals surface area contributed by atoms with Gasteiger partial charge in [-0.1, -0.05) is 39.0 Å². The standard InChI is InChI=1S/C19H23NO3/c1-12(2)15-5-7-16(8-6-15)20-19(23)13(3)10-14-4-9-17(21)18(22)11-14/h4-9,11-13,21-22H,10H2,1-3H3,(H,20,23). The molecule has 2 aromatic carbocycles. The molecule has 4 nitrogen and oxygen atoms in total. The summed E-state index contributed by atoms with van der Waals surface area (Å²) >= 11 is 0. The molecule has 1 unspecified atom stereocenters. The molecule has 2 rings (SSSR count). The molecule has 4 heteroatoms. The van der Waals surface area contributed by atoms with E-state index < -0.39 is 0 Å². The molecular formula is C19H23NO3. The summed E-state index contributed by atoms with van der Waals surface area (Å²) in [5.41, 5.74) is 2.81. The van der Waals surface area contributed by atoms with Crippen LogP contribution in [0.3, 0.4) is 0 Å².